The Morgan fingerprint density at radius 2 is 1.64 bits per heavy atom. The maximum Gasteiger partial charge on any atom is 0.264 e. The minimum atomic E-state index is -4.07. The van der Waals surface area contributed by atoms with E-state index in [9.17, 15) is 18.3 Å². The lowest BCUT2D eigenvalue weighted by Gasteiger charge is -2.44. The highest BCUT2D eigenvalue weighted by Crippen LogP contribution is 2.37. The largest absolute Gasteiger partial charge is 0.390 e. The molecular formula is C35H46N4O4S. The number of aryl methyl sites for hydroxylation is 3. The molecule has 0 saturated heterocycles. The predicted molar refractivity (Wildman–Crippen MR) is 174 cm³/mol. The molecule has 8 nitrogen and oxygen atoms in total. The molecule has 0 unspecified atom stereocenters. The zero-order chi connectivity index (χ0) is 31.8. The van der Waals surface area contributed by atoms with Crippen LogP contribution in [-0.2, 0) is 16.4 Å². The fraction of sp³-hybridized carbons (Fsp3) is 0.514. The van der Waals surface area contributed by atoms with E-state index >= 15 is 0 Å². The van der Waals surface area contributed by atoms with E-state index in [1.165, 1.54) is 12.1 Å². The lowest BCUT2D eigenvalue weighted by molar-refractivity contribution is -0.0154. The molecule has 3 aromatic rings. The van der Waals surface area contributed by atoms with Crippen molar-refractivity contribution in [2.75, 3.05) is 4.72 Å². The van der Waals surface area contributed by atoms with Gasteiger partial charge in [-0.25, -0.2) is 23.1 Å². The van der Waals surface area contributed by atoms with Crippen molar-refractivity contribution in [1.82, 2.24) is 14.9 Å². The van der Waals surface area contributed by atoms with E-state index in [1.54, 1.807) is 12.1 Å². The number of hydrogen-bond acceptors (Lipinski definition) is 6. The predicted octanol–water partition coefficient (Wildman–Crippen LogP) is 6.69. The Morgan fingerprint density at radius 3 is 2.27 bits per heavy atom. The summed E-state index contributed by atoms with van der Waals surface area (Å²) in [5.74, 6) is 0.403. The van der Waals surface area contributed by atoms with Crippen LogP contribution in [0.4, 0.5) is 5.95 Å². The molecule has 2 heterocycles. The van der Waals surface area contributed by atoms with Gasteiger partial charge in [0.25, 0.3) is 15.9 Å². The molecule has 44 heavy (non-hydrogen) atoms. The fourth-order valence-electron chi connectivity index (χ4n) is 7.06. The van der Waals surface area contributed by atoms with Crippen LogP contribution in [0.2, 0.25) is 0 Å². The van der Waals surface area contributed by atoms with E-state index in [2.05, 4.69) is 23.6 Å². The number of aromatic nitrogens is 2. The van der Waals surface area contributed by atoms with Crippen molar-refractivity contribution < 1.29 is 18.3 Å². The van der Waals surface area contributed by atoms with Crippen molar-refractivity contribution in [3.63, 3.8) is 0 Å². The number of rotatable bonds is 5. The molecule has 1 fully saturated rings. The Balaban J connectivity index is 1.62. The number of amides is 1. The number of nitrogens with zero attached hydrogens (tertiary/aromatic N) is 3. The lowest BCUT2D eigenvalue weighted by atomic mass is 9.76. The molecule has 0 spiro atoms. The third kappa shape index (κ3) is 6.99. The number of benzene rings is 2. The average molecular weight is 619 g/mol. The van der Waals surface area contributed by atoms with Crippen LogP contribution in [0.25, 0.3) is 11.3 Å². The van der Waals surface area contributed by atoms with Gasteiger partial charge in [0.05, 0.1) is 16.2 Å². The zero-order valence-electron chi connectivity index (χ0n) is 26.8. The second-order valence-corrected chi connectivity index (χ2v) is 15.3. The zero-order valence-corrected chi connectivity index (χ0v) is 27.6. The van der Waals surface area contributed by atoms with Crippen LogP contribution >= 0.6 is 0 Å². The van der Waals surface area contributed by atoms with Gasteiger partial charge in [-0.1, -0.05) is 38.1 Å². The van der Waals surface area contributed by atoms with Crippen LogP contribution in [0, 0.1) is 25.7 Å². The third-order valence-electron chi connectivity index (χ3n) is 9.33. The van der Waals surface area contributed by atoms with Gasteiger partial charge >= 0.3 is 0 Å². The summed E-state index contributed by atoms with van der Waals surface area (Å²) >= 11 is 0. The number of carbonyl (C=O) groups excluding carboxylic acids is 1. The van der Waals surface area contributed by atoms with Gasteiger partial charge in [-0.05, 0) is 120 Å². The minimum Gasteiger partial charge on any atom is -0.390 e. The number of fused-ring (bicyclic) bond motifs is 4. The van der Waals surface area contributed by atoms with Crippen LogP contribution in [0.5, 0.6) is 0 Å². The van der Waals surface area contributed by atoms with Crippen molar-refractivity contribution in [2.24, 2.45) is 11.8 Å². The summed E-state index contributed by atoms with van der Waals surface area (Å²) < 4.78 is 29.9. The summed E-state index contributed by atoms with van der Waals surface area (Å²) in [7, 11) is -4.07. The van der Waals surface area contributed by atoms with Crippen molar-refractivity contribution >= 4 is 21.9 Å². The number of sulfonamides is 1. The molecule has 2 N–H and O–H groups in total. The average Bonchev–Trinajstić information content (AvgIpc) is 2.95. The highest BCUT2D eigenvalue weighted by atomic mass is 32.2. The van der Waals surface area contributed by atoms with Crippen molar-refractivity contribution in [3.05, 3.63) is 70.9 Å². The van der Waals surface area contributed by atoms with Crippen LogP contribution in [0.15, 0.2) is 53.4 Å². The molecule has 236 valence electrons. The van der Waals surface area contributed by atoms with E-state index in [0.717, 1.165) is 54.5 Å². The van der Waals surface area contributed by atoms with Gasteiger partial charge in [0.2, 0.25) is 5.95 Å². The second-order valence-electron chi connectivity index (χ2n) is 13.7. The summed E-state index contributed by atoms with van der Waals surface area (Å²) in [6.07, 6.45) is 5.32. The van der Waals surface area contributed by atoms with E-state index in [4.69, 9.17) is 4.98 Å². The van der Waals surface area contributed by atoms with E-state index in [0.29, 0.717) is 30.0 Å². The summed E-state index contributed by atoms with van der Waals surface area (Å²) in [6.45, 7) is 12.1. The molecule has 1 saturated carbocycles. The first-order valence-corrected chi connectivity index (χ1v) is 17.3. The first-order valence-electron chi connectivity index (χ1n) is 15.9. The molecule has 2 aromatic carbocycles. The van der Waals surface area contributed by atoms with Crippen LogP contribution in [0.3, 0.4) is 0 Å². The lowest BCUT2D eigenvalue weighted by Crippen LogP contribution is -2.50. The molecule has 1 aromatic heterocycles. The maximum absolute atomic E-state index is 14.4. The molecule has 2 aliphatic rings. The number of hydrogen-bond donors (Lipinski definition) is 2. The molecule has 0 radical (unpaired) electrons. The standard InChI is InChI=1S/C35H46N4O4S/c1-22(2)19-29-18-15-27-21-31(32-23(3)9-7-10-24(32)4)37-34(36-27)38-44(42,43)30-12-8-11-25(20-30)33(40)39(29)28-16-13-26(14-17-28)35(5,6)41/h7-12,20-22,26,28-29,41H,13-19H2,1-6H3,(H,36,37,38)/t26-,28-,29-/m0/s1. The van der Waals surface area contributed by atoms with Gasteiger partial charge in [-0.15, -0.1) is 0 Å². The summed E-state index contributed by atoms with van der Waals surface area (Å²) in [5, 5.41) is 10.7. The van der Waals surface area contributed by atoms with Gasteiger partial charge in [-0.3, -0.25) is 4.79 Å². The second kappa shape index (κ2) is 12.6. The van der Waals surface area contributed by atoms with Gasteiger partial charge in [-0.2, -0.15) is 0 Å². The minimum absolute atomic E-state index is 0.000458. The van der Waals surface area contributed by atoms with Crippen LogP contribution in [0.1, 0.15) is 93.4 Å². The first kappa shape index (κ1) is 32.1. The SMILES string of the molecule is Cc1cccc(C)c1-c1cc2nc(n1)NS(=O)(=O)c1cccc(c1)C(=O)N([C@H]1CC[C@H](C(C)(C)O)CC1)[C@H](CC(C)C)CC2. The maximum atomic E-state index is 14.4. The van der Waals surface area contributed by atoms with Gasteiger partial charge in [0.1, 0.15) is 0 Å². The quantitative estimate of drug-likeness (QED) is 0.329. The fourth-order valence-corrected chi connectivity index (χ4v) is 8.05. The molecule has 1 aliphatic carbocycles. The van der Waals surface area contributed by atoms with Crippen molar-refractivity contribution in [3.8, 4) is 11.3 Å². The molecule has 9 heteroatoms. The smallest absolute Gasteiger partial charge is 0.264 e. The van der Waals surface area contributed by atoms with Crippen LogP contribution < -0.4 is 4.72 Å². The highest BCUT2D eigenvalue weighted by molar-refractivity contribution is 7.92. The van der Waals surface area contributed by atoms with Gasteiger partial charge < -0.3 is 10.0 Å². The van der Waals surface area contributed by atoms with E-state index in [1.807, 2.05) is 56.9 Å². The topological polar surface area (TPSA) is 112 Å². The molecular weight excluding hydrogens is 572 g/mol. The molecule has 1 aliphatic heterocycles. The summed E-state index contributed by atoms with van der Waals surface area (Å²) in [6, 6.07) is 14.2. The van der Waals surface area contributed by atoms with Gasteiger partial charge in [0.15, 0.2) is 0 Å². The van der Waals surface area contributed by atoms with Crippen molar-refractivity contribution in [1.29, 1.82) is 0 Å². The van der Waals surface area contributed by atoms with Crippen LogP contribution in [-0.4, -0.2) is 52.0 Å². The number of nitrogens with one attached hydrogen (secondary N) is 1. The molecule has 5 rings (SSSR count). The first-order chi connectivity index (χ1) is 20.7. The normalized spacial score (nSPS) is 22.5. The van der Waals surface area contributed by atoms with E-state index < -0.39 is 15.6 Å². The number of carbonyl (C=O) groups is 1. The molecule has 4 bridgehead atoms. The van der Waals surface area contributed by atoms with Crippen molar-refractivity contribution in [2.45, 2.75) is 109 Å². The monoisotopic (exact) mass is 618 g/mol. The highest BCUT2D eigenvalue weighted by Gasteiger charge is 2.38. The Hall–Kier alpha value is -3.30. The number of anilines is 1. The Labute approximate surface area is 262 Å². The Kier molecular flexibility index (Phi) is 9.19. The van der Waals surface area contributed by atoms with Gasteiger partial charge in [0, 0.05) is 28.9 Å². The molecule has 1 amide bonds. The third-order valence-corrected chi connectivity index (χ3v) is 10.7. The summed E-state index contributed by atoms with van der Waals surface area (Å²) in [4.78, 5) is 25.8. The summed E-state index contributed by atoms with van der Waals surface area (Å²) in [5.41, 5.74) is 4.05. The van der Waals surface area contributed by atoms with E-state index in [-0.39, 0.29) is 34.8 Å². The Morgan fingerprint density at radius 1 is 0.977 bits per heavy atom. The number of aliphatic hydroxyl groups is 1. The molecule has 1 atom stereocenters. The Bertz CT molecular complexity index is 1600.